The van der Waals surface area contributed by atoms with Crippen LogP contribution in [0.5, 0.6) is 5.75 Å². The van der Waals surface area contributed by atoms with E-state index in [1.165, 1.54) is 0 Å². The van der Waals surface area contributed by atoms with E-state index in [1.807, 2.05) is 24.3 Å². The van der Waals surface area contributed by atoms with Gasteiger partial charge < -0.3 is 14.6 Å². The second-order valence-electron chi connectivity index (χ2n) is 6.52. The predicted molar refractivity (Wildman–Crippen MR) is 82.2 cm³/mol. The molecule has 0 saturated heterocycles. The van der Waals surface area contributed by atoms with Crippen LogP contribution in [0.4, 0.5) is 0 Å². The van der Waals surface area contributed by atoms with Crippen LogP contribution >= 0.6 is 0 Å². The molecule has 1 aliphatic rings. The van der Waals surface area contributed by atoms with Crippen LogP contribution in [0, 0.1) is 5.41 Å². The molecule has 112 valence electrons. The summed E-state index contributed by atoms with van der Waals surface area (Å²) in [6.45, 7) is 8.49. The Kier molecular flexibility index (Phi) is 3.45. The van der Waals surface area contributed by atoms with Gasteiger partial charge in [-0.25, -0.2) is 0 Å². The Hall–Kier alpha value is -1.88. The van der Waals surface area contributed by atoms with Crippen molar-refractivity contribution in [1.29, 1.82) is 0 Å². The Balaban J connectivity index is 2.05. The van der Waals surface area contributed by atoms with Gasteiger partial charge in [-0.15, -0.1) is 10.2 Å². The van der Waals surface area contributed by atoms with E-state index in [-0.39, 0.29) is 11.5 Å². The highest BCUT2D eigenvalue weighted by Crippen LogP contribution is 2.35. The largest absolute Gasteiger partial charge is 0.497 e. The minimum Gasteiger partial charge on any atom is -0.497 e. The van der Waals surface area contributed by atoms with Crippen LogP contribution in [0.1, 0.15) is 32.6 Å². The lowest BCUT2D eigenvalue weighted by molar-refractivity contribution is 0.234. The van der Waals surface area contributed by atoms with Crippen LogP contribution in [-0.4, -0.2) is 28.4 Å². The monoisotopic (exact) mass is 286 g/mol. The second-order valence-corrected chi connectivity index (χ2v) is 6.52. The third-order valence-electron chi connectivity index (χ3n) is 3.92. The zero-order valence-electron chi connectivity index (χ0n) is 13.1. The molecule has 0 amide bonds. The molecule has 1 unspecified atom stereocenters. The number of aromatic nitrogens is 3. The number of nitrogens with one attached hydrogen (secondary N) is 1. The highest BCUT2D eigenvalue weighted by atomic mass is 16.5. The van der Waals surface area contributed by atoms with Gasteiger partial charge in [-0.2, -0.15) is 0 Å². The quantitative estimate of drug-likeness (QED) is 0.922. The van der Waals surface area contributed by atoms with E-state index in [2.05, 4.69) is 40.9 Å². The summed E-state index contributed by atoms with van der Waals surface area (Å²) in [6, 6.07) is 8.20. The number of hydrogen-bond acceptors (Lipinski definition) is 4. The van der Waals surface area contributed by atoms with Gasteiger partial charge in [0, 0.05) is 18.7 Å². The third-order valence-corrected chi connectivity index (χ3v) is 3.92. The summed E-state index contributed by atoms with van der Waals surface area (Å²) in [5.74, 6) is 2.78. The summed E-state index contributed by atoms with van der Waals surface area (Å²) in [5.41, 5.74) is 1.15. The highest BCUT2D eigenvalue weighted by Gasteiger charge is 2.33. The molecule has 0 spiro atoms. The van der Waals surface area contributed by atoms with Gasteiger partial charge in [-0.3, -0.25) is 0 Å². The van der Waals surface area contributed by atoms with Crippen LogP contribution in [0.25, 0.3) is 11.4 Å². The van der Waals surface area contributed by atoms with Crippen molar-refractivity contribution < 1.29 is 4.74 Å². The van der Waals surface area contributed by atoms with Crippen LogP contribution in [0.2, 0.25) is 0 Å². The van der Waals surface area contributed by atoms with Gasteiger partial charge in [0.15, 0.2) is 11.6 Å². The summed E-state index contributed by atoms with van der Waals surface area (Å²) in [4.78, 5) is 0. The fourth-order valence-electron chi connectivity index (χ4n) is 2.83. The number of rotatable bonds is 2. The number of nitrogens with zero attached hydrogens (tertiary/aromatic N) is 3. The molecule has 1 atom stereocenters. The van der Waals surface area contributed by atoms with E-state index in [1.54, 1.807) is 7.11 Å². The van der Waals surface area contributed by atoms with E-state index >= 15 is 0 Å². The molecule has 1 N–H and O–H groups in total. The van der Waals surface area contributed by atoms with Gasteiger partial charge in [-0.1, -0.05) is 32.9 Å². The van der Waals surface area contributed by atoms with Gasteiger partial charge in [-0.05, 0) is 17.5 Å². The number of fused-ring (bicyclic) bond motifs is 1. The van der Waals surface area contributed by atoms with Gasteiger partial charge in [0.1, 0.15) is 5.75 Å². The Morgan fingerprint density at radius 2 is 2.10 bits per heavy atom. The maximum atomic E-state index is 5.30. The molecule has 3 rings (SSSR count). The van der Waals surface area contributed by atoms with Crippen molar-refractivity contribution in [2.45, 2.75) is 33.4 Å². The number of ether oxygens (including phenoxy) is 1. The summed E-state index contributed by atoms with van der Waals surface area (Å²) >= 11 is 0. The molecule has 0 aliphatic carbocycles. The SMILES string of the molecule is COc1cccc(-c2nnc3n2CCNC3C(C)(C)C)c1. The lowest BCUT2D eigenvalue weighted by atomic mass is 9.85. The molecular weight excluding hydrogens is 264 g/mol. The molecule has 5 heteroatoms. The van der Waals surface area contributed by atoms with Gasteiger partial charge in [0.25, 0.3) is 0 Å². The average molecular weight is 286 g/mol. The molecule has 1 aromatic heterocycles. The molecule has 5 nitrogen and oxygen atoms in total. The maximum Gasteiger partial charge on any atom is 0.164 e. The molecule has 0 saturated carbocycles. The smallest absolute Gasteiger partial charge is 0.164 e. The van der Waals surface area contributed by atoms with E-state index in [0.717, 1.165) is 36.1 Å². The highest BCUT2D eigenvalue weighted by molar-refractivity contribution is 5.58. The van der Waals surface area contributed by atoms with Crippen molar-refractivity contribution in [2.24, 2.45) is 5.41 Å². The van der Waals surface area contributed by atoms with Crippen molar-refractivity contribution in [3.8, 4) is 17.1 Å². The van der Waals surface area contributed by atoms with Crippen molar-refractivity contribution in [2.75, 3.05) is 13.7 Å². The minimum atomic E-state index is 0.108. The molecule has 0 radical (unpaired) electrons. The standard InChI is InChI=1S/C16H22N4O/c1-16(2,3)13-15-19-18-14(20(15)9-8-17-13)11-6-5-7-12(10-11)21-4/h5-7,10,13,17H,8-9H2,1-4H3. The maximum absolute atomic E-state index is 5.30. The van der Waals surface area contributed by atoms with E-state index in [9.17, 15) is 0 Å². The molecule has 0 bridgehead atoms. The normalized spacial score (nSPS) is 18.4. The summed E-state index contributed by atoms with van der Waals surface area (Å²) < 4.78 is 7.53. The Bertz CT molecular complexity index is 642. The fourth-order valence-corrected chi connectivity index (χ4v) is 2.83. The molecular formula is C16H22N4O. The zero-order chi connectivity index (χ0) is 15.0. The molecule has 1 aromatic carbocycles. The molecule has 0 fully saturated rings. The first-order chi connectivity index (χ1) is 10.0. The third kappa shape index (κ3) is 2.53. The topological polar surface area (TPSA) is 52.0 Å². The summed E-state index contributed by atoms with van der Waals surface area (Å²) in [7, 11) is 1.68. The average Bonchev–Trinajstić information content (AvgIpc) is 2.90. The van der Waals surface area contributed by atoms with E-state index in [4.69, 9.17) is 4.74 Å². The van der Waals surface area contributed by atoms with Crippen molar-refractivity contribution in [3.63, 3.8) is 0 Å². The Labute approximate surface area is 125 Å². The van der Waals surface area contributed by atoms with Gasteiger partial charge >= 0.3 is 0 Å². The number of hydrogen-bond donors (Lipinski definition) is 1. The molecule has 2 heterocycles. The number of methoxy groups -OCH3 is 1. The molecule has 21 heavy (non-hydrogen) atoms. The van der Waals surface area contributed by atoms with E-state index < -0.39 is 0 Å². The fraction of sp³-hybridized carbons (Fsp3) is 0.500. The van der Waals surface area contributed by atoms with Crippen molar-refractivity contribution >= 4 is 0 Å². The van der Waals surface area contributed by atoms with Gasteiger partial charge in [0.2, 0.25) is 0 Å². The summed E-state index contributed by atoms with van der Waals surface area (Å²) in [5, 5.41) is 12.4. The second kappa shape index (κ2) is 5.15. The lowest BCUT2D eigenvalue weighted by Crippen LogP contribution is -2.40. The van der Waals surface area contributed by atoms with Crippen LogP contribution in [0.15, 0.2) is 24.3 Å². The molecule has 2 aromatic rings. The Morgan fingerprint density at radius 1 is 1.29 bits per heavy atom. The summed E-state index contributed by atoms with van der Waals surface area (Å²) in [6.07, 6.45) is 0. The minimum absolute atomic E-state index is 0.108. The van der Waals surface area contributed by atoms with Crippen molar-refractivity contribution in [1.82, 2.24) is 20.1 Å². The lowest BCUT2D eigenvalue weighted by Gasteiger charge is -2.34. The van der Waals surface area contributed by atoms with Crippen LogP contribution < -0.4 is 10.1 Å². The van der Waals surface area contributed by atoms with Crippen LogP contribution in [0.3, 0.4) is 0 Å². The first-order valence-electron chi connectivity index (χ1n) is 7.31. The first kappa shape index (κ1) is 14.1. The first-order valence-corrected chi connectivity index (χ1v) is 7.31. The Morgan fingerprint density at radius 3 is 2.81 bits per heavy atom. The molecule has 1 aliphatic heterocycles. The van der Waals surface area contributed by atoms with Crippen molar-refractivity contribution in [3.05, 3.63) is 30.1 Å². The predicted octanol–water partition coefficient (Wildman–Crippen LogP) is 2.64. The van der Waals surface area contributed by atoms with Crippen LogP contribution in [-0.2, 0) is 6.54 Å². The van der Waals surface area contributed by atoms with E-state index in [0.29, 0.717) is 0 Å². The zero-order valence-corrected chi connectivity index (χ0v) is 13.1. The van der Waals surface area contributed by atoms with Gasteiger partial charge in [0.05, 0.1) is 13.2 Å². The number of benzene rings is 1.